The van der Waals surface area contributed by atoms with Gasteiger partial charge in [0.15, 0.2) is 0 Å². The Morgan fingerprint density at radius 1 is 1.33 bits per heavy atom. The number of nitrogens with zero attached hydrogens (tertiary/aromatic N) is 3. The number of rotatable bonds is 4. The zero-order chi connectivity index (χ0) is 14.7. The molecule has 0 bridgehead atoms. The number of hydrogen-bond acceptors (Lipinski definition) is 6. The number of aryl methyl sites for hydroxylation is 1. The van der Waals surface area contributed by atoms with Crippen molar-refractivity contribution in [3.8, 4) is 0 Å². The molecule has 1 saturated heterocycles. The minimum absolute atomic E-state index is 0.745. The van der Waals surface area contributed by atoms with E-state index in [0.29, 0.717) is 0 Å². The number of anilines is 2. The maximum atomic E-state index is 5.44. The van der Waals surface area contributed by atoms with Gasteiger partial charge >= 0.3 is 0 Å². The van der Waals surface area contributed by atoms with E-state index >= 15 is 0 Å². The fraction of sp³-hybridized carbons (Fsp3) is 0.429. The van der Waals surface area contributed by atoms with Crippen molar-refractivity contribution in [2.24, 2.45) is 0 Å². The summed E-state index contributed by atoms with van der Waals surface area (Å²) in [6.45, 7) is 6.14. The lowest BCUT2D eigenvalue weighted by atomic mass is 10.1. The zero-order valence-corrected chi connectivity index (χ0v) is 14.2. The highest BCUT2D eigenvalue weighted by Crippen LogP contribution is 2.27. The summed E-state index contributed by atoms with van der Waals surface area (Å²) in [6, 6.07) is 6.40. The molecule has 1 aromatic heterocycles. The predicted molar refractivity (Wildman–Crippen MR) is 89.1 cm³/mol. The lowest BCUT2D eigenvalue weighted by Crippen LogP contribution is -2.36. The van der Waals surface area contributed by atoms with E-state index in [4.69, 9.17) is 4.74 Å². The molecule has 112 valence electrons. The minimum atomic E-state index is 0.745. The van der Waals surface area contributed by atoms with Crippen LogP contribution in [-0.4, -0.2) is 36.5 Å². The molecule has 1 aliphatic rings. The fourth-order valence-electron chi connectivity index (χ4n) is 2.32. The molecule has 1 fully saturated rings. The summed E-state index contributed by atoms with van der Waals surface area (Å²) < 4.78 is 6.53. The van der Waals surface area contributed by atoms with E-state index in [1.807, 2.05) is 6.92 Å². The third kappa shape index (κ3) is 3.72. The number of hydrogen-bond donors (Lipinski definition) is 1. The van der Waals surface area contributed by atoms with Crippen LogP contribution in [0, 0.1) is 6.92 Å². The minimum Gasteiger partial charge on any atom is -0.378 e. The first-order valence-corrected chi connectivity index (χ1v) is 8.48. The van der Waals surface area contributed by atoms with Gasteiger partial charge in [-0.1, -0.05) is 33.3 Å². The van der Waals surface area contributed by atoms with Crippen LogP contribution < -0.4 is 10.2 Å². The van der Waals surface area contributed by atoms with Gasteiger partial charge in [-0.15, -0.1) is 10.2 Å². The number of morpholine rings is 1. The summed E-state index contributed by atoms with van der Waals surface area (Å²) >= 11 is 5.14. The first-order chi connectivity index (χ1) is 10.2. The summed E-state index contributed by atoms with van der Waals surface area (Å²) in [5.41, 5.74) is 2.51. The Balaban J connectivity index is 1.77. The van der Waals surface area contributed by atoms with Crippen molar-refractivity contribution in [3.05, 3.63) is 33.2 Å². The second kappa shape index (κ2) is 6.72. The van der Waals surface area contributed by atoms with Crippen molar-refractivity contribution < 1.29 is 4.74 Å². The summed E-state index contributed by atoms with van der Waals surface area (Å²) in [5.74, 6) is 0. The second-order valence-corrected chi connectivity index (χ2v) is 6.95. The van der Waals surface area contributed by atoms with Gasteiger partial charge in [0.25, 0.3) is 0 Å². The van der Waals surface area contributed by atoms with Crippen LogP contribution in [0.15, 0.2) is 22.7 Å². The molecule has 0 saturated carbocycles. The van der Waals surface area contributed by atoms with Crippen LogP contribution in [0.3, 0.4) is 0 Å². The Bertz CT molecular complexity index is 613. The highest BCUT2D eigenvalue weighted by molar-refractivity contribution is 9.10. The Labute approximate surface area is 136 Å². The van der Waals surface area contributed by atoms with Crippen LogP contribution in [0.2, 0.25) is 0 Å². The SMILES string of the molecule is Cc1nnc(NCc2ccc(Br)cc2N2CCOCC2)s1. The van der Waals surface area contributed by atoms with E-state index in [9.17, 15) is 0 Å². The van der Waals surface area contributed by atoms with Gasteiger partial charge < -0.3 is 15.0 Å². The summed E-state index contributed by atoms with van der Waals surface area (Å²) in [6.07, 6.45) is 0. The van der Waals surface area contributed by atoms with Gasteiger partial charge in [0.2, 0.25) is 5.13 Å². The second-order valence-electron chi connectivity index (χ2n) is 4.85. The number of aromatic nitrogens is 2. The van der Waals surface area contributed by atoms with Gasteiger partial charge in [0, 0.05) is 29.8 Å². The smallest absolute Gasteiger partial charge is 0.205 e. The van der Waals surface area contributed by atoms with Crippen molar-refractivity contribution >= 4 is 38.1 Å². The van der Waals surface area contributed by atoms with Crippen molar-refractivity contribution in [1.29, 1.82) is 0 Å². The Morgan fingerprint density at radius 3 is 2.86 bits per heavy atom. The van der Waals surface area contributed by atoms with Gasteiger partial charge in [-0.25, -0.2) is 0 Å². The Hall–Kier alpha value is -1.18. The molecule has 21 heavy (non-hydrogen) atoms. The largest absolute Gasteiger partial charge is 0.378 e. The monoisotopic (exact) mass is 368 g/mol. The molecule has 0 radical (unpaired) electrons. The number of halogens is 1. The van der Waals surface area contributed by atoms with Crippen molar-refractivity contribution in [1.82, 2.24) is 10.2 Å². The van der Waals surface area contributed by atoms with E-state index in [2.05, 4.69) is 54.5 Å². The van der Waals surface area contributed by atoms with Gasteiger partial charge in [0.05, 0.1) is 13.2 Å². The molecule has 1 N–H and O–H groups in total. The maximum Gasteiger partial charge on any atom is 0.205 e. The third-order valence-electron chi connectivity index (χ3n) is 3.36. The van der Waals surface area contributed by atoms with E-state index in [-0.39, 0.29) is 0 Å². The van der Waals surface area contributed by atoms with Crippen LogP contribution in [0.4, 0.5) is 10.8 Å². The summed E-state index contributed by atoms with van der Waals surface area (Å²) in [7, 11) is 0. The lowest BCUT2D eigenvalue weighted by molar-refractivity contribution is 0.122. The lowest BCUT2D eigenvalue weighted by Gasteiger charge is -2.30. The molecule has 3 rings (SSSR count). The molecule has 0 unspecified atom stereocenters. The molecule has 1 aliphatic heterocycles. The quantitative estimate of drug-likeness (QED) is 0.898. The standard InChI is InChI=1S/C14H17BrN4OS/c1-10-17-18-14(21-10)16-9-11-2-3-12(15)8-13(11)19-4-6-20-7-5-19/h2-3,8H,4-7,9H2,1H3,(H,16,18). The van der Waals surface area contributed by atoms with Gasteiger partial charge in [-0.05, 0) is 24.6 Å². The van der Waals surface area contributed by atoms with Crippen LogP contribution in [-0.2, 0) is 11.3 Å². The number of ether oxygens (including phenoxy) is 1. The van der Waals surface area contributed by atoms with Crippen LogP contribution in [0.25, 0.3) is 0 Å². The van der Waals surface area contributed by atoms with Crippen LogP contribution in [0.1, 0.15) is 10.6 Å². The van der Waals surface area contributed by atoms with Crippen LogP contribution in [0.5, 0.6) is 0 Å². The average Bonchev–Trinajstić information content (AvgIpc) is 2.92. The first kappa shape index (κ1) is 14.7. The van der Waals surface area contributed by atoms with Gasteiger partial charge in [-0.3, -0.25) is 0 Å². The molecule has 2 aromatic rings. The maximum absolute atomic E-state index is 5.44. The molecule has 1 aromatic carbocycles. The normalized spacial score (nSPS) is 15.2. The summed E-state index contributed by atoms with van der Waals surface area (Å²) in [5, 5.41) is 13.3. The molecular weight excluding hydrogens is 352 g/mol. The van der Waals surface area contributed by atoms with Gasteiger partial charge in [0.1, 0.15) is 5.01 Å². The molecule has 7 heteroatoms. The first-order valence-electron chi connectivity index (χ1n) is 6.87. The third-order valence-corrected chi connectivity index (χ3v) is 4.64. The molecule has 0 spiro atoms. The van der Waals surface area contributed by atoms with Gasteiger partial charge in [-0.2, -0.15) is 0 Å². The molecule has 0 aliphatic carbocycles. The highest BCUT2D eigenvalue weighted by atomic mass is 79.9. The molecule has 0 amide bonds. The van der Waals surface area contributed by atoms with Crippen molar-refractivity contribution in [3.63, 3.8) is 0 Å². The predicted octanol–water partition coefficient (Wildman–Crippen LogP) is 3.06. The number of nitrogens with one attached hydrogen (secondary N) is 1. The Morgan fingerprint density at radius 2 is 2.14 bits per heavy atom. The van der Waals surface area contributed by atoms with Crippen LogP contribution >= 0.6 is 27.3 Å². The molecule has 0 atom stereocenters. The average molecular weight is 369 g/mol. The molecule has 2 heterocycles. The van der Waals surface area contributed by atoms with Crippen molar-refractivity contribution in [2.75, 3.05) is 36.5 Å². The zero-order valence-electron chi connectivity index (χ0n) is 11.8. The molecule has 5 nitrogen and oxygen atoms in total. The van der Waals surface area contributed by atoms with E-state index < -0.39 is 0 Å². The highest BCUT2D eigenvalue weighted by Gasteiger charge is 2.15. The molecular formula is C14H17BrN4OS. The number of benzene rings is 1. The van der Waals surface area contributed by atoms with E-state index in [1.54, 1.807) is 11.3 Å². The van der Waals surface area contributed by atoms with E-state index in [0.717, 1.165) is 47.5 Å². The Kier molecular flexibility index (Phi) is 4.72. The summed E-state index contributed by atoms with van der Waals surface area (Å²) in [4.78, 5) is 2.37. The fourth-order valence-corrected chi connectivity index (χ4v) is 3.26. The van der Waals surface area contributed by atoms with Crippen molar-refractivity contribution in [2.45, 2.75) is 13.5 Å². The topological polar surface area (TPSA) is 50.3 Å². The van der Waals surface area contributed by atoms with E-state index in [1.165, 1.54) is 11.3 Å².